The predicted molar refractivity (Wildman–Crippen MR) is 106 cm³/mol. The number of nitrogens with one attached hydrogen (secondary N) is 1. The molecule has 5 nitrogen and oxygen atoms in total. The van der Waals surface area contributed by atoms with Gasteiger partial charge < -0.3 is 10.1 Å². The molecule has 0 heterocycles. The van der Waals surface area contributed by atoms with Gasteiger partial charge in [-0.3, -0.25) is 0 Å². The van der Waals surface area contributed by atoms with Gasteiger partial charge in [-0.15, -0.1) is 38.5 Å². The number of unbranched alkanes of at least 4 members (excludes halogenated alkanes) is 1. The van der Waals surface area contributed by atoms with Crippen LogP contribution in [0.2, 0.25) is 0 Å². The molecule has 0 spiro atoms. The van der Waals surface area contributed by atoms with E-state index in [0.717, 1.165) is 42.7 Å². The van der Waals surface area contributed by atoms with E-state index < -0.39 is 0 Å². The summed E-state index contributed by atoms with van der Waals surface area (Å²) in [6.45, 7) is 6.79. The van der Waals surface area contributed by atoms with Crippen molar-refractivity contribution >= 4 is 34.8 Å². The number of anilines is 1. The number of rotatable bonds is 10. The van der Waals surface area contributed by atoms with E-state index in [1.165, 1.54) is 0 Å². The Labute approximate surface area is 189 Å². The maximum atomic E-state index is 6.08. The minimum atomic E-state index is 0. The van der Waals surface area contributed by atoms with Gasteiger partial charge in [-0.2, -0.15) is 11.5 Å². The van der Waals surface area contributed by atoms with Crippen molar-refractivity contribution in [1.29, 1.82) is 0 Å². The molecule has 0 unspecified atom stereocenters. The SMILES string of the molecule is [CH2-]C(=S)c1cc(NCCCC)c(Oc2ccccc2)c(SOON)c1.[Y]. The van der Waals surface area contributed by atoms with Crippen molar-refractivity contribution < 1.29 is 46.8 Å². The second-order valence-electron chi connectivity index (χ2n) is 5.22. The molecule has 2 aromatic rings. The van der Waals surface area contributed by atoms with E-state index >= 15 is 0 Å². The molecular formula is C18H21N2O3S2Y-. The van der Waals surface area contributed by atoms with Crippen LogP contribution in [0.5, 0.6) is 11.5 Å². The predicted octanol–water partition coefficient (Wildman–Crippen LogP) is 5.07. The van der Waals surface area contributed by atoms with Gasteiger partial charge in [0, 0.05) is 39.3 Å². The zero-order chi connectivity index (χ0) is 18.1. The molecule has 2 aromatic carbocycles. The summed E-state index contributed by atoms with van der Waals surface area (Å²) in [5.41, 5.74) is 1.61. The molecule has 0 bridgehead atoms. The van der Waals surface area contributed by atoms with Crippen LogP contribution in [0.1, 0.15) is 25.3 Å². The third-order valence-electron chi connectivity index (χ3n) is 3.35. The largest absolute Gasteiger partial charge is 0.454 e. The standard InChI is InChI=1S/C18H21N2O3S2.Y/c1-3-4-10-20-16-11-14(13(2)24)12-17(25-23-22-19)18(16)21-15-8-6-5-7-9-15;/h5-9,11-12,20H,2-4,10,19H2,1H3;/q-1;. The van der Waals surface area contributed by atoms with Gasteiger partial charge >= 0.3 is 0 Å². The van der Waals surface area contributed by atoms with E-state index in [-0.39, 0.29) is 32.7 Å². The first-order valence-electron chi connectivity index (χ1n) is 7.87. The Balaban J connectivity index is 0.00000338. The average Bonchev–Trinajstić information content (AvgIpc) is 2.62. The van der Waals surface area contributed by atoms with Gasteiger partial charge in [-0.05, 0) is 18.6 Å². The third-order valence-corrected chi connectivity index (χ3v) is 4.21. The van der Waals surface area contributed by atoms with Crippen LogP contribution in [0.3, 0.4) is 0 Å². The summed E-state index contributed by atoms with van der Waals surface area (Å²) in [6, 6.07) is 13.3. The quantitative estimate of drug-likeness (QED) is 0.0964. The summed E-state index contributed by atoms with van der Waals surface area (Å²) < 4.78 is 10.9. The second kappa shape index (κ2) is 12.7. The van der Waals surface area contributed by atoms with Gasteiger partial charge in [0.15, 0.2) is 5.75 Å². The van der Waals surface area contributed by atoms with Crippen molar-refractivity contribution in [3.05, 3.63) is 55.0 Å². The zero-order valence-electron chi connectivity index (χ0n) is 14.6. The van der Waals surface area contributed by atoms with E-state index in [0.29, 0.717) is 21.3 Å². The Hall–Kier alpha value is -0.666. The Morgan fingerprint density at radius 2 is 2.00 bits per heavy atom. The second-order valence-corrected chi connectivity index (χ2v) is 6.45. The Morgan fingerprint density at radius 3 is 2.62 bits per heavy atom. The van der Waals surface area contributed by atoms with Crippen LogP contribution in [0.15, 0.2) is 47.4 Å². The van der Waals surface area contributed by atoms with Crippen LogP contribution >= 0.6 is 24.3 Å². The molecule has 8 heteroatoms. The van der Waals surface area contributed by atoms with Gasteiger partial charge in [0.2, 0.25) is 0 Å². The van der Waals surface area contributed by atoms with Gasteiger partial charge in [0.1, 0.15) is 5.75 Å². The summed E-state index contributed by atoms with van der Waals surface area (Å²) >= 11 is 6.17. The summed E-state index contributed by atoms with van der Waals surface area (Å²) in [7, 11) is 0. The van der Waals surface area contributed by atoms with Gasteiger partial charge in [-0.25, -0.2) is 6.92 Å². The van der Waals surface area contributed by atoms with Crippen LogP contribution in [0.25, 0.3) is 0 Å². The van der Waals surface area contributed by atoms with E-state index in [1.807, 2.05) is 42.5 Å². The topological polar surface area (TPSA) is 65.7 Å². The number of hydrogen-bond donors (Lipinski definition) is 2. The summed E-state index contributed by atoms with van der Waals surface area (Å²) in [4.78, 5) is 5.43. The maximum Gasteiger partial charge on any atom is 0.163 e. The molecule has 0 saturated heterocycles. The molecular weight excluding hydrogens is 445 g/mol. The van der Waals surface area contributed by atoms with E-state index in [2.05, 4.69) is 24.2 Å². The first kappa shape index (κ1) is 23.4. The van der Waals surface area contributed by atoms with Crippen molar-refractivity contribution in [2.45, 2.75) is 24.7 Å². The summed E-state index contributed by atoms with van der Waals surface area (Å²) in [5, 5.41) is 3.39. The molecule has 0 fully saturated rings. The van der Waals surface area contributed by atoms with Gasteiger partial charge in [0.05, 0.1) is 22.6 Å². The first-order valence-corrected chi connectivity index (χ1v) is 9.01. The maximum absolute atomic E-state index is 6.08. The number of benzene rings is 2. The zero-order valence-corrected chi connectivity index (χ0v) is 19.0. The van der Waals surface area contributed by atoms with Crippen molar-refractivity contribution in [1.82, 2.24) is 0 Å². The number of thiocarbonyl (C=S) groups is 1. The molecule has 0 aliphatic heterocycles. The third kappa shape index (κ3) is 7.15. The first-order chi connectivity index (χ1) is 12.2. The van der Waals surface area contributed by atoms with Crippen LogP contribution in [0.4, 0.5) is 5.69 Å². The Morgan fingerprint density at radius 1 is 1.27 bits per heavy atom. The Bertz CT molecular complexity index is 702. The van der Waals surface area contributed by atoms with Crippen molar-refractivity contribution in [3.63, 3.8) is 0 Å². The molecule has 0 saturated carbocycles. The molecule has 3 N–H and O–H groups in total. The molecule has 2 rings (SSSR count). The van der Waals surface area contributed by atoms with Gasteiger partial charge in [-0.1, -0.05) is 31.5 Å². The van der Waals surface area contributed by atoms with Crippen LogP contribution in [0, 0.1) is 6.92 Å². The fourth-order valence-electron chi connectivity index (χ4n) is 2.12. The molecule has 26 heavy (non-hydrogen) atoms. The molecule has 0 aromatic heterocycles. The summed E-state index contributed by atoms with van der Waals surface area (Å²) in [5.74, 6) is 6.30. The number of nitrogens with two attached hydrogens (primary N) is 1. The normalized spacial score (nSPS) is 10.1. The Kier molecular flexibility index (Phi) is 11.4. The van der Waals surface area contributed by atoms with E-state index in [4.69, 9.17) is 27.2 Å². The van der Waals surface area contributed by atoms with Crippen molar-refractivity contribution in [2.75, 3.05) is 11.9 Å². The van der Waals surface area contributed by atoms with Crippen LogP contribution in [-0.4, -0.2) is 11.4 Å². The smallest absolute Gasteiger partial charge is 0.163 e. The van der Waals surface area contributed by atoms with Crippen LogP contribution in [-0.2, 0) is 42.0 Å². The molecule has 137 valence electrons. The van der Waals surface area contributed by atoms with Crippen LogP contribution < -0.4 is 16.0 Å². The fourth-order valence-corrected chi connectivity index (χ4v) is 2.76. The fraction of sp³-hybridized carbons (Fsp3) is 0.222. The molecule has 0 aliphatic rings. The molecule has 0 atom stereocenters. The average molecular weight is 466 g/mol. The number of hydrogen-bond acceptors (Lipinski definition) is 7. The number of para-hydroxylation sites is 1. The monoisotopic (exact) mass is 466 g/mol. The van der Waals surface area contributed by atoms with Crippen molar-refractivity contribution in [2.24, 2.45) is 5.90 Å². The van der Waals surface area contributed by atoms with Crippen molar-refractivity contribution in [3.8, 4) is 11.5 Å². The van der Waals surface area contributed by atoms with E-state index in [1.54, 1.807) is 0 Å². The number of ether oxygens (including phenoxy) is 1. The van der Waals surface area contributed by atoms with Gasteiger partial charge in [0.25, 0.3) is 0 Å². The minimum Gasteiger partial charge on any atom is -0.454 e. The van der Waals surface area contributed by atoms with E-state index in [9.17, 15) is 0 Å². The minimum absolute atomic E-state index is 0. The molecule has 0 aliphatic carbocycles. The molecule has 1 radical (unpaired) electrons. The molecule has 0 amide bonds. The summed E-state index contributed by atoms with van der Waals surface area (Å²) in [6.07, 6.45) is 2.12.